The summed E-state index contributed by atoms with van der Waals surface area (Å²) in [4.78, 5) is 14.4. The quantitative estimate of drug-likeness (QED) is 0.510. The molecule has 1 amide bonds. The first-order chi connectivity index (χ1) is 9.81. The molecule has 1 aromatic rings. The molecule has 0 fully saturated rings. The second kappa shape index (κ2) is 5.53. The van der Waals surface area contributed by atoms with Gasteiger partial charge in [-0.3, -0.25) is 10.2 Å². The van der Waals surface area contributed by atoms with Crippen LogP contribution in [0.15, 0.2) is 24.3 Å². The first-order valence-corrected chi connectivity index (χ1v) is 7.42. The first-order valence-electron chi connectivity index (χ1n) is 7.42. The molecule has 0 aromatic heterocycles. The molecule has 0 spiro atoms. The number of benzene rings is 1. The van der Waals surface area contributed by atoms with Gasteiger partial charge < -0.3 is 4.90 Å². The molecule has 2 rings (SSSR count). The van der Waals surface area contributed by atoms with E-state index in [1.165, 1.54) is 16.7 Å². The second-order valence-electron chi connectivity index (χ2n) is 6.30. The highest BCUT2D eigenvalue weighted by atomic mass is 16.2. The highest BCUT2D eigenvalue weighted by molar-refractivity contribution is 5.89. The SMILES string of the molecule is CCC(C(=O)NN)N1c2ccc(C)cc2C(C)=CC1(C)C. The van der Waals surface area contributed by atoms with Crippen LogP contribution in [0.2, 0.25) is 0 Å². The maximum Gasteiger partial charge on any atom is 0.256 e. The van der Waals surface area contributed by atoms with Crippen molar-refractivity contribution in [3.63, 3.8) is 0 Å². The molecule has 1 aliphatic heterocycles. The molecule has 114 valence electrons. The lowest BCUT2D eigenvalue weighted by Gasteiger charge is -2.47. The molecule has 4 nitrogen and oxygen atoms in total. The molecule has 4 heteroatoms. The van der Waals surface area contributed by atoms with E-state index < -0.39 is 0 Å². The van der Waals surface area contributed by atoms with Crippen molar-refractivity contribution in [1.82, 2.24) is 5.43 Å². The molecule has 3 N–H and O–H groups in total. The summed E-state index contributed by atoms with van der Waals surface area (Å²) < 4.78 is 0. The second-order valence-corrected chi connectivity index (χ2v) is 6.30. The summed E-state index contributed by atoms with van der Waals surface area (Å²) in [5.74, 6) is 5.23. The van der Waals surface area contributed by atoms with Crippen molar-refractivity contribution >= 4 is 17.2 Å². The molecular weight excluding hydrogens is 262 g/mol. The number of carbonyl (C=O) groups excluding carboxylic acids is 1. The Labute approximate surface area is 127 Å². The number of anilines is 1. The number of allylic oxidation sites excluding steroid dienone is 1. The van der Waals surface area contributed by atoms with E-state index in [4.69, 9.17) is 5.84 Å². The normalized spacial score (nSPS) is 17.8. The maximum atomic E-state index is 12.2. The van der Waals surface area contributed by atoms with Crippen molar-refractivity contribution < 1.29 is 4.79 Å². The molecule has 1 aromatic carbocycles. The zero-order valence-electron chi connectivity index (χ0n) is 13.5. The predicted octanol–water partition coefficient (Wildman–Crippen LogP) is 2.77. The average molecular weight is 287 g/mol. The van der Waals surface area contributed by atoms with Crippen LogP contribution >= 0.6 is 0 Å². The van der Waals surface area contributed by atoms with Crippen molar-refractivity contribution in [2.24, 2.45) is 5.84 Å². The van der Waals surface area contributed by atoms with E-state index in [-0.39, 0.29) is 17.5 Å². The Morgan fingerprint density at radius 1 is 1.38 bits per heavy atom. The molecule has 0 aliphatic carbocycles. The van der Waals surface area contributed by atoms with Gasteiger partial charge in [-0.2, -0.15) is 0 Å². The number of nitrogens with two attached hydrogens (primary N) is 1. The van der Waals surface area contributed by atoms with Crippen molar-refractivity contribution in [3.05, 3.63) is 35.4 Å². The summed E-state index contributed by atoms with van der Waals surface area (Å²) in [5, 5.41) is 0. The van der Waals surface area contributed by atoms with Gasteiger partial charge in [0.2, 0.25) is 0 Å². The minimum absolute atomic E-state index is 0.148. The number of aryl methyl sites for hydroxylation is 1. The van der Waals surface area contributed by atoms with Crippen LogP contribution < -0.4 is 16.2 Å². The highest BCUT2D eigenvalue weighted by Crippen LogP contribution is 2.41. The van der Waals surface area contributed by atoms with Crippen LogP contribution in [-0.2, 0) is 4.79 Å². The van der Waals surface area contributed by atoms with Gasteiger partial charge in [-0.05, 0) is 51.8 Å². The summed E-state index contributed by atoms with van der Waals surface area (Å²) in [7, 11) is 0. The van der Waals surface area contributed by atoms with E-state index >= 15 is 0 Å². The molecule has 1 unspecified atom stereocenters. The van der Waals surface area contributed by atoms with E-state index in [0.717, 1.165) is 5.69 Å². The fourth-order valence-corrected chi connectivity index (χ4v) is 3.31. The Kier molecular flexibility index (Phi) is 4.10. The number of carbonyl (C=O) groups is 1. The van der Waals surface area contributed by atoms with E-state index in [0.29, 0.717) is 6.42 Å². The van der Waals surface area contributed by atoms with E-state index in [2.05, 4.69) is 62.3 Å². The smallest absolute Gasteiger partial charge is 0.256 e. The molecule has 0 bridgehead atoms. The summed E-state index contributed by atoms with van der Waals surface area (Å²) in [6.07, 6.45) is 2.92. The van der Waals surface area contributed by atoms with Gasteiger partial charge in [0.25, 0.3) is 5.91 Å². The van der Waals surface area contributed by atoms with Crippen molar-refractivity contribution in [1.29, 1.82) is 0 Å². The summed E-state index contributed by atoms with van der Waals surface area (Å²) in [6.45, 7) is 10.5. The van der Waals surface area contributed by atoms with Crippen LogP contribution in [0.1, 0.15) is 45.2 Å². The van der Waals surface area contributed by atoms with Crippen molar-refractivity contribution in [3.8, 4) is 0 Å². The van der Waals surface area contributed by atoms with Crippen LogP contribution in [0.3, 0.4) is 0 Å². The maximum absolute atomic E-state index is 12.2. The lowest BCUT2D eigenvalue weighted by atomic mass is 9.86. The number of nitrogens with one attached hydrogen (secondary N) is 1. The third-order valence-corrected chi connectivity index (χ3v) is 4.17. The minimum atomic E-state index is -0.282. The van der Waals surface area contributed by atoms with Gasteiger partial charge in [0.05, 0.1) is 5.54 Å². The molecule has 1 aliphatic rings. The monoisotopic (exact) mass is 287 g/mol. The van der Waals surface area contributed by atoms with Gasteiger partial charge in [0, 0.05) is 11.3 Å². The largest absolute Gasteiger partial charge is 0.350 e. The van der Waals surface area contributed by atoms with Crippen LogP contribution in [-0.4, -0.2) is 17.5 Å². The minimum Gasteiger partial charge on any atom is -0.350 e. The van der Waals surface area contributed by atoms with Gasteiger partial charge in [-0.1, -0.05) is 24.6 Å². The zero-order valence-corrected chi connectivity index (χ0v) is 13.5. The third-order valence-electron chi connectivity index (χ3n) is 4.17. The number of nitrogens with zero attached hydrogens (tertiary/aromatic N) is 1. The fourth-order valence-electron chi connectivity index (χ4n) is 3.31. The fraction of sp³-hybridized carbons (Fsp3) is 0.471. The number of rotatable bonds is 3. The molecule has 0 saturated carbocycles. The van der Waals surface area contributed by atoms with E-state index in [9.17, 15) is 4.79 Å². The number of hydrogen-bond donors (Lipinski definition) is 2. The molecule has 1 atom stereocenters. The number of hydrogen-bond acceptors (Lipinski definition) is 3. The number of amides is 1. The van der Waals surface area contributed by atoms with Crippen LogP contribution in [0.5, 0.6) is 0 Å². The average Bonchev–Trinajstić information content (AvgIpc) is 2.42. The Bertz CT molecular complexity index is 590. The van der Waals surface area contributed by atoms with Gasteiger partial charge >= 0.3 is 0 Å². The van der Waals surface area contributed by atoms with Gasteiger partial charge in [0.1, 0.15) is 6.04 Å². The standard InChI is InChI=1S/C17H25N3O/c1-6-14(16(21)19-18)20-15-8-7-11(2)9-13(15)12(3)10-17(20,4)5/h7-10,14H,6,18H2,1-5H3,(H,19,21). The summed E-state index contributed by atoms with van der Waals surface area (Å²) in [5.41, 5.74) is 6.83. The number of fused-ring (bicyclic) bond motifs is 1. The molecule has 1 heterocycles. The molecule has 21 heavy (non-hydrogen) atoms. The van der Waals surface area contributed by atoms with Crippen molar-refractivity contribution in [2.45, 2.75) is 52.6 Å². The first kappa shape index (κ1) is 15.6. The van der Waals surface area contributed by atoms with Gasteiger partial charge in [0.15, 0.2) is 0 Å². The lowest BCUT2D eigenvalue weighted by molar-refractivity contribution is -0.122. The Morgan fingerprint density at radius 2 is 2.05 bits per heavy atom. The molecule has 0 radical (unpaired) electrons. The molecule has 0 saturated heterocycles. The van der Waals surface area contributed by atoms with Gasteiger partial charge in [-0.15, -0.1) is 0 Å². The topological polar surface area (TPSA) is 58.4 Å². The van der Waals surface area contributed by atoms with Crippen LogP contribution in [0.25, 0.3) is 5.57 Å². The van der Waals surface area contributed by atoms with E-state index in [1.54, 1.807) is 0 Å². The predicted molar refractivity (Wildman–Crippen MR) is 87.8 cm³/mol. The zero-order chi connectivity index (χ0) is 15.8. The Balaban J connectivity index is 2.62. The van der Waals surface area contributed by atoms with Crippen LogP contribution in [0.4, 0.5) is 5.69 Å². The lowest BCUT2D eigenvalue weighted by Crippen LogP contribution is -2.57. The number of hydrazine groups is 1. The molecular formula is C17H25N3O. The highest BCUT2D eigenvalue weighted by Gasteiger charge is 2.38. The Hall–Kier alpha value is -1.81. The summed E-state index contributed by atoms with van der Waals surface area (Å²) >= 11 is 0. The van der Waals surface area contributed by atoms with Gasteiger partial charge in [-0.25, -0.2) is 5.84 Å². The third kappa shape index (κ3) is 2.68. The van der Waals surface area contributed by atoms with Crippen LogP contribution in [0, 0.1) is 6.92 Å². The summed E-state index contributed by atoms with van der Waals surface area (Å²) in [6, 6.07) is 6.09. The van der Waals surface area contributed by atoms with Crippen molar-refractivity contribution in [2.75, 3.05) is 4.90 Å². The van der Waals surface area contributed by atoms with E-state index in [1.807, 2.05) is 6.92 Å². The Morgan fingerprint density at radius 3 is 2.62 bits per heavy atom.